The Labute approximate surface area is 101 Å². The molecule has 0 saturated carbocycles. The van der Waals surface area contributed by atoms with Gasteiger partial charge < -0.3 is 5.73 Å². The number of rotatable bonds is 5. The number of hydrogen-bond donors (Lipinski definition) is 1. The molecule has 0 aliphatic carbocycles. The van der Waals surface area contributed by atoms with Crippen LogP contribution in [-0.4, -0.2) is 36.8 Å². The van der Waals surface area contributed by atoms with Gasteiger partial charge in [-0.1, -0.05) is 13.3 Å². The summed E-state index contributed by atoms with van der Waals surface area (Å²) in [6.07, 6.45) is -1.24. The molecule has 2 atom stereocenters. The van der Waals surface area contributed by atoms with Crippen LogP contribution < -0.4 is 5.73 Å². The minimum atomic E-state index is -4.03. The molecule has 0 radical (unpaired) electrons. The third-order valence-electron chi connectivity index (χ3n) is 3.70. The van der Waals surface area contributed by atoms with E-state index in [9.17, 15) is 13.2 Å². The predicted molar refractivity (Wildman–Crippen MR) is 62.7 cm³/mol. The van der Waals surface area contributed by atoms with E-state index in [0.29, 0.717) is 19.0 Å². The molecule has 102 valence electrons. The van der Waals surface area contributed by atoms with Crippen LogP contribution in [0.4, 0.5) is 13.2 Å². The number of nitrogens with two attached hydrogens (primary N) is 1. The first-order valence-corrected chi connectivity index (χ1v) is 6.47. The van der Waals surface area contributed by atoms with Crippen molar-refractivity contribution in [3.05, 3.63) is 0 Å². The summed E-state index contributed by atoms with van der Waals surface area (Å²) in [4.78, 5) is 2.14. The fraction of sp³-hybridized carbons (Fsp3) is 1.00. The van der Waals surface area contributed by atoms with Crippen molar-refractivity contribution in [1.82, 2.24) is 4.90 Å². The lowest BCUT2D eigenvalue weighted by molar-refractivity contribution is -0.136. The van der Waals surface area contributed by atoms with E-state index in [4.69, 9.17) is 5.73 Å². The van der Waals surface area contributed by atoms with E-state index in [2.05, 4.69) is 11.8 Å². The Bertz CT molecular complexity index is 218. The molecule has 1 heterocycles. The summed E-state index contributed by atoms with van der Waals surface area (Å²) in [5.41, 5.74) is 5.70. The summed E-state index contributed by atoms with van der Waals surface area (Å²) in [5.74, 6) is 0.697. The van der Waals surface area contributed by atoms with Gasteiger partial charge in [0.25, 0.3) is 0 Å². The van der Waals surface area contributed by atoms with E-state index in [1.54, 1.807) is 0 Å². The van der Waals surface area contributed by atoms with Crippen molar-refractivity contribution in [2.45, 2.75) is 51.2 Å². The Balaban J connectivity index is 2.32. The molecule has 0 amide bonds. The Morgan fingerprint density at radius 1 is 1.35 bits per heavy atom. The second-order valence-electron chi connectivity index (χ2n) is 4.94. The first-order chi connectivity index (χ1) is 7.96. The fourth-order valence-corrected chi connectivity index (χ4v) is 2.58. The predicted octanol–water partition coefficient (Wildman–Crippen LogP) is 2.78. The van der Waals surface area contributed by atoms with Crippen LogP contribution in [0, 0.1) is 5.92 Å². The highest BCUT2D eigenvalue weighted by molar-refractivity contribution is 4.82. The van der Waals surface area contributed by atoms with E-state index >= 15 is 0 Å². The molecule has 1 aliphatic heterocycles. The van der Waals surface area contributed by atoms with Crippen molar-refractivity contribution in [2.75, 3.05) is 19.6 Å². The van der Waals surface area contributed by atoms with Gasteiger partial charge in [0, 0.05) is 19.0 Å². The van der Waals surface area contributed by atoms with Crippen molar-refractivity contribution in [1.29, 1.82) is 0 Å². The van der Waals surface area contributed by atoms with Gasteiger partial charge >= 0.3 is 6.18 Å². The van der Waals surface area contributed by atoms with E-state index in [1.807, 2.05) is 0 Å². The number of hydrogen-bond acceptors (Lipinski definition) is 2. The van der Waals surface area contributed by atoms with E-state index < -0.39 is 12.6 Å². The van der Waals surface area contributed by atoms with Crippen LogP contribution >= 0.6 is 0 Å². The maximum absolute atomic E-state index is 12.1. The lowest BCUT2D eigenvalue weighted by atomic mass is 9.89. The van der Waals surface area contributed by atoms with Crippen LogP contribution in [-0.2, 0) is 0 Å². The van der Waals surface area contributed by atoms with E-state index in [1.165, 1.54) is 0 Å². The van der Waals surface area contributed by atoms with Gasteiger partial charge in [0.1, 0.15) is 0 Å². The van der Waals surface area contributed by atoms with Crippen LogP contribution in [0.1, 0.15) is 39.0 Å². The molecule has 0 aromatic heterocycles. The number of alkyl halides is 3. The lowest BCUT2D eigenvalue weighted by Crippen LogP contribution is -2.47. The maximum Gasteiger partial charge on any atom is 0.389 e. The molecular formula is C12H23F3N2. The molecule has 2 unspecified atom stereocenters. The van der Waals surface area contributed by atoms with E-state index in [0.717, 1.165) is 25.8 Å². The summed E-state index contributed by atoms with van der Waals surface area (Å²) in [5, 5.41) is 0. The number of likely N-dealkylation sites (tertiary alicyclic amines) is 1. The topological polar surface area (TPSA) is 29.3 Å². The van der Waals surface area contributed by atoms with Crippen LogP contribution in [0.3, 0.4) is 0 Å². The first-order valence-electron chi connectivity index (χ1n) is 6.47. The molecular weight excluding hydrogens is 229 g/mol. The average Bonchev–Trinajstić information content (AvgIpc) is 2.27. The summed E-state index contributed by atoms with van der Waals surface area (Å²) >= 11 is 0. The summed E-state index contributed by atoms with van der Waals surface area (Å²) in [6, 6.07) is 0.280. The van der Waals surface area contributed by atoms with Gasteiger partial charge in [0.05, 0.1) is 0 Å². The number of halogens is 3. The van der Waals surface area contributed by atoms with Crippen LogP contribution in [0.25, 0.3) is 0 Å². The smallest absolute Gasteiger partial charge is 0.329 e. The van der Waals surface area contributed by atoms with Gasteiger partial charge in [-0.2, -0.15) is 13.2 Å². The maximum atomic E-state index is 12.1. The van der Waals surface area contributed by atoms with Crippen molar-refractivity contribution in [3.63, 3.8) is 0 Å². The second kappa shape index (κ2) is 6.59. The van der Waals surface area contributed by atoms with Crippen molar-refractivity contribution in [2.24, 2.45) is 11.7 Å². The highest BCUT2D eigenvalue weighted by atomic mass is 19.4. The average molecular weight is 252 g/mol. The Hall–Kier alpha value is -0.290. The molecule has 2 N–H and O–H groups in total. The van der Waals surface area contributed by atoms with Gasteiger partial charge in [0.2, 0.25) is 0 Å². The highest BCUT2D eigenvalue weighted by Gasteiger charge is 2.29. The molecule has 1 aliphatic rings. The summed E-state index contributed by atoms with van der Waals surface area (Å²) < 4.78 is 36.2. The molecule has 5 heteroatoms. The zero-order valence-corrected chi connectivity index (χ0v) is 10.5. The van der Waals surface area contributed by atoms with E-state index in [-0.39, 0.29) is 12.5 Å². The van der Waals surface area contributed by atoms with Crippen molar-refractivity contribution >= 4 is 0 Å². The third kappa shape index (κ3) is 5.25. The number of nitrogens with zero attached hydrogens (tertiary/aromatic N) is 1. The second-order valence-corrected chi connectivity index (χ2v) is 4.94. The van der Waals surface area contributed by atoms with Gasteiger partial charge in [-0.3, -0.25) is 4.90 Å². The fourth-order valence-electron chi connectivity index (χ4n) is 2.58. The zero-order chi connectivity index (χ0) is 12.9. The largest absolute Gasteiger partial charge is 0.389 e. The van der Waals surface area contributed by atoms with Gasteiger partial charge in [-0.25, -0.2) is 0 Å². The molecule has 0 spiro atoms. The van der Waals surface area contributed by atoms with Crippen molar-refractivity contribution < 1.29 is 13.2 Å². The normalized spacial score (nSPS) is 27.4. The SMILES string of the molecule is CCC1CCN(CCCC(F)(F)F)C(CN)C1. The molecule has 0 aromatic rings. The minimum absolute atomic E-state index is 0.191. The third-order valence-corrected chi connectivity index (χ3v) is 3.70. The molecule has 0 aromatic carbocycles. The van der Waals surface area contributed by atoms with Crippen LogP contribution in [0.15, 0.2) is 0 Å². The Morgan fingerprint density at radius 2 is 2.06 bits per heavy atom. The summed E-state index contributed by atoms with van der Waals surface area (Å²) in [7, 11) is 0. The standard InChI is InChI=1S/C12H23F3N2/c1-2-10-4-7-17(11(8-10)9-16)6-3-5-12(13,14)15/h10-11H,2-9,16H2,1H3. The summed E-state index contributed by atoms with van der Waals surface area (Å²) in [6.45, 7) is 4.15. The molecule has 1 fully saturated rings. The first kappa shape index (κ1) is 14.8. The Kier molecular flexibility index (Phi) is 5.73. The van der Waals surface area contributed by atoms with Crippen LogP contribution in [0.2, 0.25) is 0 Å². The zero-order valence-electron chi connectivity index (χ0n) is 10.5. The van der Waals surface area contributed by atoms with Crippen LogP contribution in [0.5, 0.6) is 0 Å². The monoisotopic (exact) mass is 252 g/mol. The molecule has 0 bridgehead atoms. The molecule has 1 rings (SSSR count). The van der Waals surface area contributed by atoms with Gasteiger partial charge in [0.15, 0.2) is 0 Å². The van der Waals surface area contributed by atoms with Gasteiger partial charge in [-0.05, 0) is 38.3 Å². The molecule has 2 nitrogen and oxygen atoms in total. The quantitative estimate of drug-likeness (QED) is 0.815. The van der Waals surface area contributed by atoms with Gasteiger partial charge in [-0.15, -0.1) is 0 Å². The minimum Gasteiger partial charge on any atom is -0.329 e. The number of piperidine rings is 1. The molecule has 1 saturated heterocycles. The van der Waals surface area contributed by atoms with Crippen molar-refractivity contribution in [3.8, 4) is 0 Å². The Morgan fingerprint density at radius 3 is 2.59 bits per heavy atom. The highest BCUT2D eigenvalue weighted by Crippen LogP contribution is 2.26. The molecule has 17 heavy (non-hydrogen) atoms. The lowest BCUT2D eigenvalue weighted by Gasteiger charge is -2.39.